The highest BCUT2D eigenvalue weighted by molar-refractivity contribution is 5.82. The lowest BCUT2D eigenvalue weighted by Crippen LogP contribution is -2.12. The predicted molar refractivity (Wildman–Crippen MR) is 225 cm³/mol. The van der Waals surface area contributed by atoms with Gasteiger partial charge in [-0.15, -0.1) is 0 Å². The largest absolute Gasteiger partial charge is 0.0630 e. The van der Waals surface area contributed by atoms with Gasteiger partial charge in [-0.1, -0.05) is 245 Å². The molecule has 0 spiro atoms. The van der Waals surface area contributed by atoms with E-state index in [0.717, 1.165) is 17.8 Å². The van der Waals surface area contributed by atoms with Crippen molar-refractivity contribution in [3.8, 4) is 0 Å². The van der Waals surface area contributed by atoms with E-state index in [1.807, 2.05) is 6.07 Å². The summed E-state index contributed by atoms with van der Waals surface area (Å²) < 4.78 is 0. The Hall–Kier alpha value is -2.08. The lowest BCUT2D eigenvalue weighted by Gasteiger charge is -2.24. The zero-order valence-electron chi connectivity index (χ0n) is 34.5. The second kappa shape index (κ2) is 27.6. The quantitative estimate of drug-likeness (QED) is 0.242. The fourth-order valence-corrected chi connectivity index (χ4v) is 7.34. The first kappa shape index (κ1) is 44.9. The molecule has 7 rings (SSSR count). The van der Waals surface area contributed by atoms with E-state index in [-0.39, 0.29) is 0 Å². The van der Waals surface area contributed by atoms with E-state index in [4.69, 9.17) is 0 Å². The molecule has 4 unspecified atom stereocenters. The van der Waals surface area contributed by atoms with Crippen molar-refractivity contribution < 1.29 is 0 Å². The van der Waals surface area contributed by atoms with Crippen molar-refractivity contribution in [1.29, 1.82) is 0 Å². The van der Waals surface area contributed by atoms with Crippen LogP contribution in [0, 0.1) is 41.4 Å². The van der Waals surface area contributed by atoms with E-state index in [2.05, 4.69) is 149 Å². The third-order valence-electron chi connectivity index (χ3n) is 9.56. The van der Waals surface area contributed by atoms with Crippen LogP contribution in [0.5, 0.6) is 0 Å². The Balaban J connectivity index is 0.000000296. The third-order valence-corrected chi connectivity index (χ3v) is 9.56. The minimum Gasteiger partial charge on any atom is -0.0630 e. The lowest BCUT2D eigenvalue weighted by molar-refractivity contribution is 0.277. The lowest BCUT2D eigenvalue weighted by atomic mass is 9.82. The van der Waals surface area contributed by atoms with Crippen molar-refractivity contribution in [2.45, 2.75) is 172 Å². The molecule has 0 heterocycles. The Bertz CT molecular complexity index is 1000. The topological polar surface area (TPSA) is 0 Å². The van der Waals surface area contributed by atoms with Crippen molar-refractivity contribution in [2.24, 2.45) is 41.4 Å². The Kier molecular flexibility index (Phi) is 25.3. The zero-order chi connectivity index (χ0) is 36.4. The fourth-order valence-electron chi connectivity index (χ4n) is 7.34. The van der Waals surface area contributed by atoms with E-state index >= 15 is 0 Å². The molecule has 0 nitrogen and oxygen atoms in total. The van der Waals surface area contributed by atoms with Gasteiger partial charge < -0.3 is 0 Å². The Labute approximate surface area is 307 Å². The monoisotopic (exact) mass is 671 g/mol. The Morgan fingerprint density at radius 1 is 0.327 bits per heavy atom. The van der Waals surface area contributed by atoms with Gasteiger partial charge in [0.25, 0.3) is 0 Å². The van der Waals surface area contributed by atoms with Gasteiger partial charge in [-0.25, -0.2) is 0 Å². The van der Waals surface area contributed by atoms with Crippen LogP contribution in [0.2, 0.25) is 0 Å². The van der Waals surface area contributed by atoms with Crippen LogP contribution in [0.15, 0.2) is 78.9 Å². The maximum absolute atomic E-state index is 2.20. The molecule has 278 valence electrons. The molecule has 0 amide bonds. The van der Waals surface area contributed by atoms with Gasteiger partial charge in [0.15, 0.2) is 0 Å². The average Bonchev–Trinajstić information content (AvgIpc) is 3.76. The summed E-state index contributed by atoms with van der Waals surface area (Å²) in [6.07, 6.45) is 21.7. The molecule has 49 heavy (non-hydrogen) atoms. The first-order valence-electron chi connectivity index (χ1n) is 20.9. The second-order valence-electron chi connectivity index (χ2n) is 17.6. The zero-order valence-corrected chi connectivity index (χ0v) is 34.5. The van der Waals surface area contributed by atoms with Crippen LogP contribution < -0.4 is 0 Å². The van der Waals surface area contributed by atoms with E-state index in [1.54, 1.807) is 51.4 Å². The molecule has 0 aromatic heterocycles. The van der Waals surface area contributed by atoms with Gasteiger partial charge in [-0.3, -0.25) is 0 Å². The molecule has 4 atom stereocenters. The van der Waals surface area contributed by atoms with Gasteiger partial charge in [-0.2, -0.15) is 0 Å². The molecular formula is C49H82. The highest BCUT2D eigenvalue weighted by Gasteiger charge is 2.29. The van der Waals surface area contributed by atoms with Crippen molar-refractivity contribution in [3.05, 3.63) is 84.4 Å². The highest BCUT2D eigenvalue weighted by atomic mass is 14.3. The molecule has 4 saturated carbocycles. The Morgan fingerprint density at radius 3 is 0.776 bits per heavy atom. The average molecular weight is 671 g/mol. The molecule has 4 aliphatic rings. The first-order valence-corrected chi connectivity index (χ1v) is 20.9. The summed E-state index contributed by atoms with van der Waals surface area (Å²) >= 11 is 0. The standard InChI is InChI=1S/C10H8.2C9H16.C9H12.3C4H10/c1-2-6-10-8-4-3-7-9(10)5-1;2*1-2-5-9-7-3-6-8(9)4-1;1-8(2)9-6-4-3-5-7-9;3*1-4(2)3/h1-8H;2*8-9H,1-7H2;3-8H,1-2H3;3*4H,1-3H3. The molecule has 0 N–H and O–H groups in total. The molecule has 0 bridgehead atoms. The van der Waals surface area contributed by atoms with Crippen LogP contribution in [-0.4, -0.2) is 0 Å². The predicted octanol–water partition coefficient (Wildman–Crippen LogP) is 16.6. The molecule has 4 fully saturated rings. The molecule has 0 heteroatoms. The summed E-state index contributed by atoms with van der Waals surface area (Å²) in [6.45, 7) is 23.9. The molecular weight excluding hydrogens is 589 g/mol. The molecule has 0 saturated heterocycles. The smallest absolute Gasteiger partial charge is 0.0184 e. The molecule has 3 aromatic rings. The first-order chi connectivity index (χ1) is 23.4. The minimum absolute atomic E-state index is 0.659. The molecule has 0 radical (unpaired) electrons. The van der Waals surface area contributed by atoms with Gasteiger partial charge in [-0.05, 0) is 63.7 Å². The molecule has 0 aliphatic heterocycles. The number of fused-ring (bicyclic) bond motifs is 3. The summed E-state index contributed by atoms with van der Waals surface area (Å²) in [6, 6.07) is 27.2. The number of hydrogen-bond donors (Lipinski definition) is 0. The number of rotatable bonds is 1. The Morgan fingerprint density at radius 2 is 0.551 bits per heavy atom. The summed E-state index contributed by atoms with van der Waals surface area (Å²) in [5.74, 6) is 7.82. The van der Waals surface area contributed by atoms with E-state index in [0.29, 0.717) is 5.92 Å². The fraction of sp³-hybridized carbons (Fsp3) is 0.673. The van der Waals surface area contributed by atoms with Crippen LogP contribution in [0.3, 0.4) is 0 Å². The SMILES string of the molecule is C1CCC2CCCC2C1.C1CCC2CCCC2C1.CC(C)C.CC(C)C.CC(C)C.CC(C)c1ccccc1.c1ccc2ccccc2c1. The highest BCUT2D eigenvalue weighted by Crippen LogP contribution is 2.42. The van der Waals surface area contributed by atoms with Crippen molar-refractivity contribution in [3.63, 3.8) is 0 Å². The van der Waals surface area contributed by atoms with Crippen LogP contribution in [0.25, 0.3) is 10.8 Å². The summed E-state index contributed by atoms with van der Waals surface area (Å²) in [5.41, 5.74) is 1.41. The van der Waals surface area contributed by atoms with E-state index in [9.17, 15) is 0 Å². The van der Waals surface area contributed by atoms with Crippen LogP contribution >= 0.6 is 0 Å². The summed E-state index contributed by atoms with van der Waals surface area (Å²) in [7, 11) is 0. The molecule has 3 aromatic carbocycles. The summed E-state index contributed by atoms with van der Waals surface area (Å²) in [4.78, 5) is 0. The van der Waals surface area contributed by atoms with Crippen LogP contribution in [-0.2, 0) is 0 Å². The maximum atomic E-state index is 2.20. The van der Waals surface area contributed by atoms with Gasteiger partial charge in [0.1, 0.15) is 0 Å². The van der Waals surface area contributed by atoms with Gasteiger partial charge >= 0.3 is 0 Å². The van der Waals surface area contributed by atoms with Crippen LogP contribution in [0.1, 0.15) is 178 Å². The van der Waals surface area contributed by atoms with E-state index < -0.39 is 0 Å². The van der Waals surface area contributed by atoms with Crippen LogP contribution in [0.4, 0.5) is 0 Å². The third kappa shape index (κ3) is 23.1. The van der Waals surface area contributed by atoms with Crippen molar-refractivity contribution in [2.75, 3.05) is 0 Å². The van der Waals surface area contributed by atoms with E-state index in [1.165, 1.54) is 78.5 Å². The normalized spacial score (nSPS) is 21.8. The summed E-state index contributed by atoms with van der Waals surface area (Å²) in [5, 5.41) is 2.62. The maximum Gasteiger partial charge on any atom is -0.0184 e. The van der Waals surface area contributed by atoms with Gasteiger partial charge in [0.2, 0.25) is 0 Å². The van der Waals surface area contributed by atoms with Crippen molar-refractivity contribution >= 4 is 10.8 Å². The minimum atomic E-state index is 0.659. The number of hydrogen-bond acceptors (Lipinski definition) is 0. The van der Waals surface area contributed by atoms with Crippen molar-refractivity contribution in [1.82, 2.24) is 0 Å². The molecule has 4 aliphatic carbocycles. The van der Waals surface area contributed by atoms with Gasteiger partial charge in [0, 0.05) is 0 Å². The van der Waals surface area contributed by atoms with Gasteiger partial charge in [0.05, 0.1) is 0 Å². The second-order valence-corrected chi connectivity index (χ2v) is 17.6. The number of benzene rings is 3.